The summed E-state index contributed by atoms with van der Waals surface area (Å²) < 4.78 is 0. The van der Waals surface area contributed by atoms with Crippen molar-refractivity contribution < 1.29 is 4.84 Å². The summed E-state index contributed by atoms with van der Waals surface area (Å²) in [5.74, 6) is 0.498. The third-order valence-electron chi connectivity index (χ3n) is 1.68. The highest BCUT2D eigenvalue weighted by atomic mass is 16.6. The van der Waals surface area contributed by atoms with Crippen LogP contribution in [-0.4, -0.2) is 12.8 Å². The molecule has 0 bridgehead atoms. The van der Waals surface area contributed by atoms with Crippen LogP contribution in [0.25, 0.3) is 0 Å². The second-order valence-electron chi connectivity index (χ2n) is 3.52. The van der Waals surface area contributed by atoms with E-state index in [1.54, 1.807) is 0 Å². The molecule has 1 heterocycles. The summed E-state index contributed by atoms with van der Waals surface area (Å²) in [7, 11) is 0. The predicted octanol–water partition coefficient (Wildman–Crippen LogP) is 1.66. The van der Waals surface area contributed by atoms with Crippen LogP contribution in [0.3, 0.4) is 0 Å². The van der Waals surface area contributed by atoms with Crippen molar-refractivity contribution in [2.24, 2.45) is 16.5 Å². The predicted molar refractivity (Wildman–Crippen MR) is 37.4 cm³/mol. The van der Waals surface area contributed by atoms with Gasteiger partial charge in [-0.3, -0.25) is 0 Å². The summed E-state index contributed by atoms with van der Waals surface area (Å²) in [6.45, 7) is 7.33. The van der Waals surface area contributed by atoms with Gasteiger partial charge in [0.05, 0.1) is 6.21 Å². The Labute approximate surface area is 55.9 Å². The monoisotopic (exact) mass is 127 g/mol. The van der Waals surface area contributed by atoms with Gasteiger partial charge in [0.2, 0.25) is 0 Å². The third-order valence-corrected chi connectivity index (χ3v) is 1.68. The van der Waals surface area contributed by atoms with E-state index in [0.29, 0.717) is 11.3 Å². The van der Waals surface area contributed by atoms with Crippen molar-refractivity contribution in [3.8, 4) is 0 Å². The Bertz CT molecular complexity index is 123. The van der Waals surface area contributed by atoms with Crippen LogP contribution < -0.4 is 0 Å². The van der Waals surface area contributed by atoms with Gasteiger partial charge in [-0.05, 0) is 5.41 Å². The molecule has 0 aromatic rings. The van der Waals surface area contributed by atoms with Gasteiger partial charge in [0, 0.05) is 5.92 Å². The lowest BCUT2D eigenvalue weighted by atomic mass is 9.82. The third kappa shape index (κ3) is 1.44. The van der Waals surface area contributed by atoms with Crippen molar-refractivity contribution in [2.45, 2.75) is 20.8 Å². The Morgan fingerprint density at radius 3 is 2.44 bits per heavy atom. The average Bonchev–Trinajstić information content (AvgIpc) is 2.08. The maximum atomic E-state index is 4.85. The smallest absolute Gasteiger partial charge is 0.125 e. The van der Waals surface area contributed by atoms with Crippen LogP contribution in [0.15, 0.2) is 5.16 Å². The first kappa shape index (κ1) is 6.59. The molecule has 0 radical (unpaired) electrons. The lowest BCUT2D eigenvalue weighted by Crippen LogP contribution is -2.22. The first-order valence-electron chi connectivity index (χ1n) is 3.26. The Balaban J connectivity index is 2.53. The van der Waals surface area contributed by atoms with Crippen LogP contribution >= 0.6 is 0 Å². The van der Waals surface area contributed by atoms with Gasteiger partial charge in [0.25, 0.3) is 0 Å². The fourth-order valence-corrected chi connectivity index (χ4v) is 0.756. The molecule has 2 heteroatoms. The van der Waals surface area contributed by atoms with Crippen LogP contribution in [0.2, 0.25) is 0 Å². The lowest BCUT2D eigenvalue weighted by molar-refractivity contribution is 0.123. The van der Waals surface area contributed by atoms with Crippen molar-refractivity contribution >= 4 is 6.21 Å². The molecule has 2 nitrogen and oxygen atoms in total. The molecule has 9 heavy (non-hydrogen) atoms. The van der Waals surface area contributed by atoms with Crippen LogP contribution in [0.5, 0.6) is 0 Å². The SMILES string of the molecule is CC(C)(C)C1C=NOC1. The highest BCUT2D eigenvalue weighted by Crippen LogP contribution is 2.26. The zero-order chi connectivity index (χ0) is 6.91. The fourth-order valence-electron chi connectivity index (χ4n) is 0.756. The van der Waals surface area contributed by atoms with Crippen LogP contribution in [0.1, 0.15) is 20.8 Å². The summed E-state index contributed by atoms with van der Waals surface area (Å²) in [5, 5.41) is 3.71. The number of hydrogen-bond acceptors (Lipinski definition) is 2. The summed E-state index contributed by atoms with van der Waals surface area (Å²) in [5.41, 5.74) is 0.306. The van der Waals surface area contributed by atoms with Gasteiger partial charge in [-0.15, -0.1) is 0 Å². The molecule has 1 aliphatic heterocycles. The topological polar surface area (TPSA) is 21.6 Å². The van der Waals surface area contributed by atoms with E-state index in [1.807, 2.05) is 6.21 Å². The zero-order valence-corrected chi connectivity index (χ0v) is 6.22. The van der Waals surface area contributed by atoms with E-state index in [-0.39, 0.29) is 0 Å². The average molecular weight is 127 g/mol. The minimum absolute atomic E-state index is 0.306. The van der Waals surface area contributed by atoms with Gasteiger partial charge >= 0.3 is 0 Å². The molecule has 1 unspecified atom stereocenters. The molecule has 1 rings (SSSR count). The van der Waals surface area contributed by atoms with E-state index in [1.165, 1.54) is 0 Å². The number of hydrogen-bond donors (Lipinski definition) is 0. The summed E-state index contributed by atoms with van der Waals surface area (Å²) in [4.78, 5) is 4.85. The minimum atomic E-state index is 0.306. The molecule has 0 saturated heterocycles. The zero-order valence-electron chi connectivity index (χ0n) is 6.22. The normalized spacial score (nSPS) is 26.3. The van der Waals surface area contributed by atoms with E-state index in [4.69, 9.17) is 4.84 Å². The molecular formula is C7H13NO. The Hall–Kier alpha value is -0.530. The fraction of sp³-hybridized carbons (Fsp3) is 0.857. The van der Waals surface area contributed by atoms with E-state index < -0.39 is 0 Å². The van der Waals surface area contributed by atoms with E-state index in [0.717, 1.165) is 6.61 Å². The van der Waals surface area contributed by atoms with Crippen LogP contribution in [0.4, 0.5) is 0 Å². The van der Waals surface area contributed by atoms with Crippen LogP contribution in [0, 0.1) is 11.3 Å². The number of nitrogens with zero attached hydrogens (tertiary/aromatic N) is 1. The molecule has 0 aromatic carbocycles. The molecule has 0 saturated carbocycles. The molecule has 52 valence electrons. The summed E-state index contributed by atoms with van der Waals surface area (Å²) in [6.07, 6.45) is 1.89. The Kier molecular flexibility index (Phi) is 1.47. The number of rotatable bonds is 0. The number of oxime groups is 1. The summed E-state index contributed by atoms with van der Waals surface area (Å²) >= 11 is 0. The molecule has 0 N–H and O–H groups in total. The molecule has 0 amide bonds. The van der Waals surface area contributed by atoms with Crippen LogP contribution in [-0.2, 0) is 4.84 Å². The first-order chi connectivity index (χ1) is 4.11. The quantitative estimate of drug-likeness (QED) is 0.485. The molecular weight excluding hydrogens is 114 g/mol. The molecule has 0 spiro atoms. The van der Waals surface area contributed by atoms with Crippen molar-refractivity contribution in [1.29, 1.82) is 0 Å². The molecule has 0 aliphatic carbocycles. The largest absolute Gasteiger partial charge is 0.395 e. The highest BCUT2D eigenvalue weighted by Gasteiger charge is 2.26. The molecule has 1 aliphatic rings. The van der Waals surface area contributed by atoms with E-state index >= 15 is 0 Å². The van der Waals surface area contributed by atoms with Crippen molar-refractivity contribution in [3.05, 3.63) is 0 Å². The summed E-state index contributed by atoms with van der Waals surface area (Å²) in [6, 6.07) is 0. The first-order valence-corrected chi connectivity index (χ1v) is 3.26. The van der Waals surface area contributed by atoms with E-state index in [2.05, 4.69) is 25.9 Å². The van der Waals surface area contributed by atoms with Gasteiger partial charge in [-0.2, -0.15) is 0 Å². The second kappa shape index (κ2) is 2.01. The van der Waals surface area contributed by atoms with Crippen molar-refractivity contribution in [2.75, 3.05) is 6.61 Å². The van der Waals surface area contributed by atoms with Gasteiger partial charge in [0.1, 0.15) is 6.61 Å². The lowest BCUT2D eigenvalue weighted by Gasteiger charge is -2.21. The van der Waals surface area contributed by atoms with Gasteiger partial charge in [-0.1, -0.05) is 25.9 Å². The molecule has 1 atom stereocenters. The minimum Gasteiger partial charge on any atom is -0.395 e. The van der Waals surface area contributed by atoms with Gasteiger partial charge in [-0.25, -0.2) is 0 Å². The Morgan fingerprint density at radius 2 is 2.22 bits per heavy atom. The second-order valence-corrected chi connectivity index (χ2v) is 3.52. The van der Waals surface area contributed by atoms with E-state index in [9.17, 15) is 0 Å². The standard InChI is InChI=1S/C7H13NO/c1-7(2,3)6-4-8-9-5-6/h4,6H,5H2,1-3H3. The highest BCUT2D eigenvalue weighted by molar-refractivity contribution is 5.62. The maximum Gasteiger partial charge on any atom is 0.125 e. The Morgan fingerprint density at radius 1 is 1.56 bits per heavy atom. The maximum absolute atomic E-state index is 4.85. The molecule has 0 aromatic heterocycles. The van der Waals surface area contributed by atoms with Crippen molar-refractivity contribution in [1.82, 2.24) is 0 Å². The van der Waals surface area contributed by atoms with Gasteiger partial charge in [0.15, 0.2) is 0 Å². The molecule has 0 fully saturated rings. The van der Waals surface area contributed by atoms with Crippen molar-refractivity contribution in [3.63, 3.8) is 0 Å². The van der Waals surface area contributed by atoms with Gasteiger partial charge < -0.3 is 4.84 Å².